The highest BCUT2D eigenvalue weighted by Gasteiger charge is 2.18. The second-order valence-corrected chi connectivity index (χ2v) is 3.64. The minimum absolute atomic E-state index is 0.0378. The van der Waals surface area contributed by atoms with Crippen molar-refractivity contribution in [2.75, 3.05) is 13.1 Å². The molecule has 7 heteroatoms. The van der Waals surface area contributed by atoms with Crippen LogP contribution in [-0.4, -0.2) is 42.2 Å². The number of nitrogens with two attached hydrogens (primary N) is 3. The van der Waals surface area contributed by atoms with Crippen LogP contribution in [-0.2, 0) is 9.59 Å². The van der Waals surface area contributed by atoms with Gasteiger partial charge in [0.15, 0.2) is 0 Å². The van der Waals surface area contributed by atoms with Gasteiger partial charge in [0.2, 0.25) is 5.91 Å². The fourth-order valence-corrected chi connectivity index (χ4v) is 1.21. The molecule has 0 radical (unpaired) electrons. The van der Waals surface area contributed by atoms with Crippen LogP contribution in [0.4, 0.5) is 0 Å². The third-order valence-corrected chi connectivity index (χ3v) is 2.14. The number of rotatable bonds is 9. The molecule has 0 bridgehead atoms. The van der Waals surface area contributed by atoms with Gasteiger partial charge in [0.1, 0.15) is 6.04 Å². The number of nitrogens with one attached hydrogen (secondary N) is 1. The van der Waals surface area contributed by atoms with Gasteiger partial charge in [0.25, 0.3) is 0 Å². The Balaban J connectivity index is 3.94. The third kappa shape index (κ3) is 7.16. The molecule has 0 spiro atoms. The molecule has 0 aliphatic carbocycles. The normalized spacial score (nSPS) is 14.4. The van der Waals surface area contributed by atoms with Gasteiger partial charge in [0, 0.05) is 19.0 Å². The molecular formula is C9H20N4O3. The quantitative estimate of drug-likeness (QED) is 0.310. The van der Waals surface area contributed by atoms with Crippen molar-refractivity contribution in [3.05, 3.63) is 0 Å². The van der Waals surface area contributed by atoms with Gasteiger partial charge in [0.05, 0.1) is 0 Å². The SMILES string of the molecule is NCCC(N)CN[C@@H](CCC(N)=O)C(=O)O. The maximum atomic E-state index is 10.8. The van der Waals surface area contributed by atoms with E-state index in [4.69, 9.17) is 22.3 Å². The van der Waals surface area contributed by atoms with Gasteiger partial charge in [-0.2, -0.15) is 0 Å². The van der Waals surface area contributed by atoms with E-state index >= 15 is 0 Å². The Morgan fingerprint density at radius 1 is 1.31 bits per heavy atom. The van der Waals surface area contributed by atoms with Crippen LogP contribution in [0.15, 0.2) is 0 Å². The van der Waals surface area contributed by atoms with Gasteiger partial charge in [-0.1, -0.05) is 0 Å². The highest BCUT2D eigenvalue weighted by Crippen LogP contribution is 1.97. The largest absolute Gasteiger partial charge is 0.480 e. The first-order valence-electron chi connectivity index (χ1n) is 5.17. The van der Waals surface area contributed by atoms with Gasteiger partial charge in [-0.25, -0.2) is 0 Å². The topological polar surface area (TPSA) is 144 Å². The lowest BCUT2D eigenvalue weighted by molar-refractivity contribution is -0.139. The van der Waals surface area contributed by atoms with Crippen molar-refractivity contribution >= 4 is 11.9 Å². The smallest absolute Gasteiger partial charge is 0.320 e. The van der Waals surface area contributed by atoms with Crippen molar-refractivity contribution in [1.82, 2.24) is 5.32 Å². The molecule has 16 heavy (non-hydrogen) atoms. The van der Waals surface area contributed by atoms with Crippen LogP contribution in [0.3, 0.4) is 0 Å². The van der Waals surface area contributed by atoms with Crippen LogP contribution in [0.2, 0.25) is 0 Å². The van der Waals surface area contributed by atoms with Gasteiger partial charge in [-0.3, -0.25) is 9.59 Å². The van der Waals surface area contributed by atoms with Gasteiger partial charge >= 0.3 is 5.97 Å². The third-order valence-electron chi connectivity index (χ3n) is 2.14. The first-order chi connectivity index (χ1) is 7.47. The molecule has 94 valence electrons. The lowest BCUT2D eigenvalue weighted by Crippen LogP contribution is -2.44. The molecule has 1 amide bonds. The summed E-state index contributed by atoms with van der Waals surface area (Å²) in [6, 6.07) is -0.975. The second kappa shape index (κ2) is 8.03. The summed E-state index contributed by atoms with van der Waals surface area (Å²) < 4.78 is 0. The number of primary amides is 1. The van der Waals surface area contributed by atoms with Gasteiger partial charge in [-0.05, 0) is 19.4 Å². The summed E-state index contributed by atoms with van der Waals surface area (Å²) in [5.41, 5.74) is 15.9. The second-order valence-electron chi connectivity index (χ2n) is 3.64. The van der Waals surface area contributed by atoms with Crippen molar-refractivity contribution < 1.29 is 14.7 Å². The van der Waals surface area contributed by atoms with E-state index in [1.165, 1.54) is 0 Å². The number of hydrogen-bond donors (Lipinski definition) is 5. The van der Waals surface area contributed by atoms with Crippen LogP contribution >= 0.6 is 0 Å². The first kappa shape index (κ1) is 14.8. The van der Waals surface area contributed by atoms with E-state index in [9.17, 15) is 9.59 Å². The Kier molecular flexibility index (Phi) is 7.44. The molecule has 0 aromatic heterocycles. The van der Waals surface area contributed by atoms with Crippen molar-refractivity contribution in [2.45, 2.75) is 31.3 Å². The molecule has 0 heterocycles. The van der Waals surface area contributed by atoms with E-state index in [0.29, 0.717) is 19.5 Å². The van der Waals surface area contributed by atoms with Crippen molar-refractivity contribution in [1.29, 1.82) is 0 Å². The molecule has 0 aromatic carbocycles. The molecular weight excluding hydrogens is 212 g/mol. The number of carboxylic acids is 1. The van der Waals surface area contributed by atoms with Crippen LogP contribution in [0.1, 0.15) is 19.3 Å². The Bertz CT molecular complexity index is 235. The molecule has 0 aliphatic rings. The fourth-order valence-electron chi connectivity index (χ4n) is 1.21. The van der Waals surface area contributed by atoms with Crippen LogP contribution in [0.25, 0.3) is 0 Å². The Hall–Kier alpha value is -1.18. The van der Waals surface area contributed by atoms with Crippen molar-refractivity contribution in [3.63, 3.8) is 0 Å². The molecule has 0 saturated heterocycles. The predicted molar refractivity (Wildman–Crippen MR) is 59.5 cm³/mol. The summed E-state index contributed by atoms with van der Waals surface area (Å²) in [5, 5.41) is 11.6. The highest BCUT2D eigenvalue weighted by molar-refractivity contribution is 5.77. The number of carbonyl (C=O) groups excluding carboxylic acids is 1. The van der Waals surface area contributed by atoms with Crippen molar-refractivity contribution in [2.24, 2.45) is 17.2 Å². The summed E-state index contributed by atoms with van der Waals surface area (Å²) in [7, 11) is 0. The molecule has 1 unspecified atom stereocenters. The number of aliphatic carboxylic acids is 1. The summed E-state index contributed by atoms with van der Waals surface area (Å²) in [4.78, 5) is 21.3. The van der Waals surface area contributed by atoms with E-state index in [0.717, 1.165) is 0 Å². The van der Waals surface area contributed by atoms with E-state index in [1.807, 2.05) is 0 Å². The minimum atomic E-state index is -1.01. The Morgan fingerprint density at radius 2 is 1.94 bits per heavy atom. The number of hydrogen-bond acceptors (Lipinski definition) is 5. The molecule has 8 N–H and O–H groups in total. The lowest BCUT2D eigenvalue weighted by Gasteiger charge is -2.17. The van der Waals surface area contributed by atoms with Crippen LogP contribution < -0.4 is 22.5 Å². The summed E-state index contributed by atoms with van der Waals surface area (Å²) >= 11 is 0. The van der Waals surface area contributed by atoms with Crippen molar-refractivity contribution in [3.8, 4) is 0 Å². The van der Waals surface area contributed by atoms with E-state index in [2.05, 4.69) is 5.32 Å². The lowest BCUT2D eigenvalue weighted by atomic mass is 10.1. The standard InChI is InChI=1S/C9H20N4O3/c10-4-3-6(11)5-13-7(9(15)16)1-2-8(12)14/h6-7,13H,1-5,10-11H2,(H2,12,14)(H,15,16)/t6?,7-/m0/s1. The number of carboxylic acid groups (broad SMARTS) is 1. The predicted octanol–water partition coefficient (Wildman–Crippen LogP) is -2.03. The maximum absolute atomic E-state index is 10.8. The van der Waals surface area contributed by atoms with E-state index in [1.54, 1.807) is 0 Å². The Labute approximate surface area is 94.3 Å². The average molecular weight is 232 g/mol. The number of carbonyl (C=O) groups is 2. The summed E-state index contributed by atoms with van der Waals surface area (Å²) in [5.74, 6) is -1.53. The molecule has 0 aromatic rings. The van der Waals surface area contributed by atoms with Crippen LogP contribution in [0.5, 0.6) is 0 Å². The zero-order valence-corrected chi connectivity index (χ0v) is 9.19. The van der Waals surface area contributed by atoms with E-state index < -0.39 is 17.9 Å². The zero-order valence-electron chi connectivity index (χ0n) is 9.19. The highest BCUT2D eigenvalue weighted by atomic mass is 16.4. The fraction of sp³-hybridized carbons (Fsp3) is 0.778. The minimum Gasteiger partial charge on any atom is -0.480 e. The summed E-state index contributed by atoms with van der Waals surface area (Å²) in [6.07, 6.45) is 0.825. The summed E-state index contributed by atoms with van der Waals surface area (Å²) in [6.45, 7) is 0.814. The molecule has 0 aliphatic heterocycles. The molecule has 7 nitrogen and oxygen atoms in total. The molecule has 2 atom stereocenters. The van der Waals surface area contributed by atoms with Crippen LogP contribution in [0, 0.1) is 0 Å². The monoisotopic (exact) mass is 232 g/mol. The molecule has 0 saturated carbocycles. The van der Waals surface area contributed by atoms with Gasteiger partial charge < -0.3 is 27.6 Å². The van der Waals surface area contributed by atoms with Gasteiger partial charge in [-0.15, -0.1) is 0 Å². The number of amides is 1. The Morgan fingerprint density at radius 3 is 2.38 bits per heavy atom. The average Bonchev–Trinajstić information content (AvgIpc) is 2.17. The first-order valence-corrected chi connectivity index (χ1v) is 5.17. The zero-order chi connectivity index (χ0) is 12.6. The maximum Gasteiger partial charge on any atom is 0.320 e. The molecule has 0 fully saturated rings. The van der Waals surface area contributed by atoms with E-state index in [-0.39, 0.29) is 18.9 Å². The molecule has 0 rings (SSSR count).